The van der Waals surface area contributed by atoms with Crippen molar-refractivity contribution in [2.45, 2.75) is 71.3 Å². The molecule has 4 aliphatic rings. The minimum atomic E-state index is -0.557. The predicted octanol–water partition coefficient (Wildman–Crippen LogP) is 1.80. The largest absolute Gasteiger partial charge is 0.373 e. The van der Waals surface area contributed by atoms with Crippen LogP contribution >= 0.6 is 0 Å². The summed E-state index contributed by atoms with van der Waals surface area (Å²) in [5.41, 5.74) is 0.427. The van der Waals surface area contributed by atoms with Crippen LogP contribution in [-0.4, -0.2) is 34.6 Å². The molecule has 1 heterocycles. The van der Waals surface area contributed by atoms with E-state index in [1.165, 1.54) is 19.3 Å². The molecule has 7 heteroatoms. The van der Waals surface area contributed by atoms with Crippen molar-refractivity contribution in [2.75, 3.05) is 13.2 Å². The first kappa shape index (κ1) is 19.4. The molecule has 3 N–H and O–H groups in total. The number of aromatic nitrogens is 2. The summed E-state index contributed by atoms with van der Waals surface area (Å²) in [6.07, 6.45) is 7.33. The Kier molecular flexibility index (Phi) is 4.56. The van der Waals surface area contributed by atoms with Gasteiger partial charge in [-0.1, -0.05) is 13.8 Å². The average molecular weight is 389 g/mol. The zero-order valence-electron chi connectivity index (χ0n) is 17.1. The van der Waals surface area contributed by atoms with Crippen LogP contribution in [-0.2, 0) is 16.0 Å². The Morgan fingerprint density at radius 3 is 2.39 bits per heavy atom. The maximum atomic E-state index is 12.2. The maximum absolute atomic E-state index is 12.2. The van der Waals surface area contributed by atoms with Gasteiger partial charge in [-0.3, -0.25) is 14.6 Å². The molecule has 0 radical (unpaired) electrons. The number of rotatable bonds is 6. The molecule has 5 rings (SSSR count). The van der Waals surface area contributed by atoms with E-state index in [2.05, 4.69) is 29.1 Å². The van der Waals surface area contributed by atoms with E-state index in [1.54, 1.807) is 6.92 Å². The number of carbonyl (C=O) groups is 1. The van der Waals surface area contributed by atoms with E-state index in [0.717, 1.165) is 25.2 Å². The number of aryl methyl sites for hydroxylation is 1. The normalized spacial score (nSPS) is 35.9. The minimum absolute atomic E-state index is 0.0275. The van der Waals surface area contributed by atoms with Crippen LogP contribution in [0.15, 0.2) is 9.59 Å². The summed E-state index contributed by atoms with van der Waals surface area (Å²) in [6.45, 7) is 7.38. The smallest absolute Gasteiger partial charge is 0.325 e. The molecule has 2 unspecified atom stereocenters. The highest BCUT2D eigenvalue weighted by molar-refractivity contribution is 5.78. The Hall–Kier alpha value is -1.89. The molecule has 4 aliphatic carbocycles. The molecule has 2 atom stereocenters. The quantitative estimate of drug-likeness (QED) is 0.645. The third kappa shape index (κ3) is 3.69. The zero-order valence-corrected chi connectivity index (χ0v) is 17.1. The van der Waals surface area contributed by atoms with E-state index in [0.29, 0.717) is 35.2 Å². The van der Waals surface area contributed by atoms with Crippen LogP contribution in [0.3, 0.4) is 0 Å². The van der Waals surface area contributed by atoms with Crippen LogP contribution in [0.4, 0.5) is 0 Å². The van der Waals surface area contributed by atoms with Gasteiger partial charge in [-0.25, -0.2) is 4.79 Å². The number of amides is 1. The van der Waals surface area contributed by atoms with Gasteiger partial charge < -0.3 is 15.0 Å². The van der Waals surface area contributed by atoms with E-state index in [4.69, 9.17) is 4.74 Å². The Labute approximate surface area is 164 Å². The molecular formula is C21H31N3O4. The summed E-state index contributed by atoms with van der Waals surface area (Å²) >= 11 is 0. The fourth-order valence-corrected chi connectivity index (χ4v) is 7.02. The summed E-state index contributed by atoms with van der Waals surface area (Å²) in [5.74, 6) is 0.532. The van der Waals surface area contributed by atoms with Gasteiger partial charge in [-0.2, -0.15) is 0 Å². The van der Waals surface area contributed by atoms with Crippen molar-refractivity contribution in [3.8, 4) is 0 Å². The van der Waals surface area contributed by atoms with Crippen molar-refractivity contribution in [3.63, 3.8) is 0 Å². The lowest BCUT2D eigenvalue weighted by Gasteiger charge is -2.65. The zero-order chi connectivity index (χ0) is 20.2. The molecule has 1 aromatic heterocycles. The number of carbonyl (C=O) groups excluding carboxylic acids is 1. The van der Waals surface area contributed by atoms with Gasteiger partial charge in [-0.05, 0) is 62.2 Å². The molecule has 0 spiro atoms. The van der Waals surface area contributed by atoms with E-state index in [-0.39, 0.29) is 17.9 Å². The van der Waals surface area contributed by atoms with Gasteiger partial charge in [0.05, 0.1) is 18.6 Å². The summed E-state index contributed by atoms with van der Waals surface area (Å²) in [7, 11) is 0. The molecular weight excluding hydrogens is 358 g/mol. The van der Waals surface area contributed by atoms with E-state index < -0.39 is 11.2 Å². The Bertz CT molecular complexity index is 884. The monoisotopic (exact) mass is 389 g/mol. The van der Waals surface area contributed by atoms with Crippen LogP contribution in [0.25, 0.3) is 0 Å². The van der Waals surface area contributed by atoms with E-state index in [9.17, 15) is 14.4 Å². The number of ether oxygens (including phenoxy) is 1. The summed E-state index contributed by atoms with van der Waals surface area (Å²) in [6, 6.07) is 0. The Morgan fingerprint density at radius 2 is 1.79 bits per heavy atom. The fourth-order valence-electron chi connectivity index (χ4n) is 7.02. The average Bonchev–Trinajstić information content (AvgIpc) is 2.51. The molecule has 28 heavy (non-hydrogen) atoms. The van der Waals surface area contributed by atoms with Gasteiger partial charge in [0.2, 0.25) is 5.91 Å². The number of hydrogen-bond acceptors (Lipinski definition) is 4. The standard InChI is InChI=1S/C21H31N3O4/c1-13-15(17(26)24-18(27)23-13)6-16(25)22-4-5-28-21-9-14-7-19(2,11-21)10-20(3,8-14)12-21/h14H,4-12H2,1-3H3,(H,22,25)(H2,23,24,26,27). The van der Waals surface area contributed by atoms with E-state index >= 15 is 0 Å². The molecule has 0 aliphatic heterocycles. The van der Waals surface area contributed by atoms with Crippen molar-refractivity contribution in [1.82, 2.24) is 15.3 Å². The molecule has 4 fully saturated rings. The Balaban J connectivity index is 1.30. The third-order valence-corrected chi connectivity index (χ3v) is 7.00. The number of nitrogens with one attached hydrogen (secondary N) is 3. The van der Waals surface area contributed by atoms with Crippen molar-refractivity contribution >= 4 is 5.91 Å². The second-order valence-electron chi connectivity index (χ2n) is 10.2. The van der Waals surface area contributed by atoms with Crippen LogP contribution in [0.1, 0.15) is 63.6 Å². The highest BCUT2D eigenvalue weighted by Gasteiger charge is 2.60. The van der Waals surface area contributed by atoms with Gasteiger partial charge in [0, 0.05) is 17.8 Å². The molecule has 0 aromatic carbocycles. The van der Waals surface area contributed by atoms with Gasteiger partial charge >= 0.3 is 5.69 Å². The van der Waals surface area contributed by atoms with Crippen molar-refractivity contribution in [2.24, 2.45) is 16.7 Å². The number of H-pyrrole nitrogens is 2. The molecule has 4 bridgehead atoms. The second-order valence-corrected chi connectivity index (χ2v) is 10.2. The molecule has 154 valence electrons. The first-order valence-electron chi connectivity index (χ1n) is 10.3. The summed E-state index contributed by atoms with van der Waals surface area (Å²) < 4.78 is 6.41. The third-order valence-electron chi connectivity index (χ3n) is 7.00. The SMILES string of the molecule is Cc1[nH]c(=O)[nH]c(=O)c1CC(=O)NCCOC12CC3CC(C)(CC(C)(C3)C1)C2. The molecule has 1 amide bonds. The molecule has 1 aromatic rings. The minimum Gasteiger partial charge on any atom is -0.373 e. The maximum Gasteiger partial charge on any atom is 0.325 e. The van der Waals surface area contributed by atoms with Gasteiger partial charge in [0.1, 0.15) is 0 Å². The van der Waals surface area contributed by atoms with Crippen molar-refractivity contribution in [3.05, 3.63) is 32.1 Å². The van der Waals surface area contributed by atoms with Gasteiger partial charge in [0.25, 0.3) is 5.56 Å². The van der Waals surface area contributed by atoms with Crippen LogP contribution in [0, 0.1) is 23.7 Å². The van der Waals surface area contributed by atoms with Crippen LogP contribution in [0.5, 0.6) is 0 Å². The Morgan fingerprint density at radius 1 is 1.11 bits per heavy atom. The van der Waals surface area contributed by atoms with Crippen LogP contribution < -0.4 is 16.6 Å². The van der Waals surface area contributed by atoms with Crippen LogP contribution in [0.2, 0.25) is 0 Å². The lowest BCUT2D eigenvalue weighted by molar-refractivity contribution is -0.213. The highest BCUT2D eigenvalue weighted by atomic mass is 16.5. The van der Waals surface area contributed by atoms with Crippen molar-refractivity contribution < 1.29 is 9.53 Å². The van der Waals surface area contributed by atoms with E-state index in [1.807, 2.05) is 0 Å². The first-order valence-corrected chi connectivity index (χ1v) is 10.3. The second kappa shape index (κ2) is 6.58. The topological polar surface area (TPSA) is 104 Å². The number of aromatic amines is 2. The first-order chi connectivity index (χ1) is 13.1. The molecule has 7 nitrogen and oxygen atoms in total. The molecule has 4 saturated carbocycles. The number of hydrogen-bond donors (Lipinski definition) is 3. The predicted molar refractivity (Wildman–Crippen MR) is 105 cm³/mol. The molecule has 0 saturated heterocycles. The summed E-state index contributed by atoms with van der Waals surface area (Å²) in [4.78, 5) is 40.0. The fraction of sp³-hybridized carbons (Fsp3) is 0.762. The highest BCUT2D eigenvalue weighted by Crippen LogP contribution is 2.67. The lowest BCUT2D eigenvalue weighted by Crippen LogP contribution is -2.59. The van der Waals surface area contributed by atoms with Gasteiger partial charge in [-0.15, -0.1) is 0 Å². The van der Waals surface area contributed by atoms with Gasteiger partial charge in [0.15, 0.2) is 0 Å². The summed E-state index contributed by atoms with van der Waals surface area (Å²) in [5, 5.41) is 2.84. The van der Waals surface area contributed by atoms with Crippen molar-refractivity contribution in [1.29, 1.82) is 0 Å². The lowest BCUT2D eigenvalue weighted by atomic mass is 9.43.